The minimum Gasteiger partial charge on any atom is -0.277 e. The van der Waals surface area contributed by atoms with Gasteiger partial charge >= 0.3 is 0 Å². The molecule has 11 rings (SSSR count). The molecule has 8 aromatic carbocycles. The highest BCUT2D eigenvalue weighted by molar-refractivity contribution is 7.25. The Hall–Kier alpha value is -6.36. The van der Waals surface area contributed by atoms with Crippen molar-refractivity contribution in [3.8, 4) is 28.3 Å². The number of nitrogens with zero attached hydrogens (tertiary/aromatic N) is 3. The van der Waals surface area contributed by atoms with Crippen molar-refractivity contribution in [1.82, 2.24) is 14.5 Å². The monoisotopic (exact) mass is 653 g/mol. The van der Waals surface area contributed by atoms with Crippen LogP contribution in [0.3, 0.4) is 0 Å². The Labute approximate surface area is 291 Å². The van der Waals surface area contributed by atoms with E-state index in [1.165, 1.54) is 47.3 Å². The highest BCUT2D eigenvalue weighted by Crippen LogP contribution is 2.43. The molecule has 11 aromatic rings. The van der Waals surface area contributed by atoms with Crippen molar-refractivity contribution in [1.29, 1.82) is 0 Å². The standard InChI is InChI=1S/C46H27N3S/c1-2-13-30(14-3-1)43-38-25-21-29-12-5-7-16-33(29)44(38)48-46(47-43)49-39-26-23-28-11-4-6-15-32(28)42(39)37-19-10-18-34(45(37)49)31-22-24-36-35-17-8-9-20-40(35)50-41(36)27-31/h1-27H. The maximum absolute atomic E-state index is 5.48. The summed E-state index contributed by atoms with van der Waals surface area (Å²) in [6.45, 7) is 0. The van der Waals surface area contributed by atoms with Crippen molar-refractivity contribution >= 4 is 85.8 Å². The minimum absolute atomic E-state index is 0.665. The number of thiophene rings is 1. The first kappa shape index (κ1) is 27.6. The molecule has 4 heteroatoms. The van der Waals surface area contributed by atoms with Crippen LogP contribution in [-0.4, -0.2) is 14.5 Å². The van der Waals surface area contributed by atoms with Crippen LogP contribution in [0.15, 0.2) is 164 Å². The van der Waals surface area contributed by atoms with Gasteiger partial charge in [-0.3, -0.25) is 4.57 Å². The van der Waals surface area contributed by atoms with Crippen molar-refractivity contribution in [2.45, 2.75) is 0 Å². The maximum atomic E-state index is 5.48. The Bertz CT molecular complexity index is 3150. The molecule has 0 aliphatic carbocycles. The van der Waals surface area contributed by atoms with Gasteiger partial charge in [0.15, 0.2) is 0 Å². The third-order valence-electron chi connectivity index (χ3n) is 10.2. The zero-order valence-corrected chi connectivity index (χ0v) is 27.7. The highest BCUT2D eigenvalue weighted by Gasteiger charge is 2.22. The van der Waals surface area contributed by atoms with Crippen LogP contribution in [-0.2, 0) is 0 Å². The number of para-hydroxylation sites is 1. The lowest BCUT2D eigenvalue weighted by molar-refractivity contribution is 1.02. The van der Waals surface area contributed by atoms with Gasteiger partial charge in [0.25, 0.3) is 0 Å². The predicted molar refractivity (Wildman–Crippen MR) is 213 cm³/mol. The van der Waals surface area contributed by atoms with Crippen LogP contribution >= 0.6 is 11.3 Å². The summed E-state index contributed by atoms with van der Waals surface area (Å²) in [5.41, 5.74) is 7.48. The average molecular weight is 654 g/mol. The van der Waals surface area contributed by atoms with Gasteiger partial charge in [0, 0.05) is 52.8 Å². The molecule has 0 aliphatic heterocycles. The van der Waals surface area contributed by atoms with E-state index in [2.05, 4.69) is 168 Å². The fourth-order valence-electron chi connectivity index (χ4n) is 7.94. The zero-order chi connectivity index (χ0) is 32.8. The predicted octanol–water partition coefficient (Wildman–Crippen LogP) is 12.7. The molecule has 0 bridgehead atoms. The van der Waals surface area contributed by atoms with Crippen LogP contribution in [0.2, 0.25) is 0 Å². The molecular formula is C46H27N3S. The smallest absolute Gasteiger partial charge is 0.235 e. The lowest BCUT2D eigenvalue weighted by Gasteiger charge is -2.14. The third kappa shape index (κ3) is 3.97. The van der Waals surface area contributed by atoms with Gasteiger partial charge in [-0.2, -0.15) is 0 Å². The van der Waals surface area contributed by atoms with Crippen molar-refractivity contribution in [3.05, 3.63) is 164 Å². The molecule has 3 heterocycles. The van der Waals surface area contributed by atoms with Crippen LogP contribution in [0.5, 0.6) is 0 Å². The van der Waals surface area contributed by atoms with Gasteiger partial charge in [0.05, 0.1) is 22.2 Å². The molecule has 3 nitrogen and oxygen atoms in total. The molecular weight excluding hydrogens is 627 g/mol. The molecule has 0 saturated heterocycles. The molecule has 0 N–H and O–H groups in total. The number of rotatable bonds is 3. The first-order chi connectivity index (χ1) is 24.8. The molecule has 232 valence electrons. The summed E-state index contributed by atoms with van der Waals surface area (Å²) < 4.78 is 4.91. The normalized spacial score (nSPS) is 12.0. The van der Waals surface area contributed by atoms with E-state index in [1.807, 2.05) is 11.3 Å². The quantitative estimate of drug-likeness (QED) is 0.178. The van der Waals surface area contributed by atoms with Gasteiger partial charge in [-0.25, -0.2) is 9.97 Å². The fourth-order valence-corrected chi connectivity index (χ4v) is 9.08. The second kappa shape index (κ2) is 10.6. The van der Waals surface area contributed by atoms with Crippen LogP contribution in [0.4, 0.5) is 0 Å². The summed E-state index contributed by atoms with van der Waals surface area (Å²) in [6.07, 6.45) is 0. The molecule has 0 radical (unpaired) electrons. The SMILES string of the molecule is c1ccc(-c2nc(-n3c4ccc5ccccc5c4c4cccc(-c5ccc6c(c5)sc5ccccc56)c43)nc3c2ccc2ccccc23)cc1. The van der Waals surface area contributed by atoms with E-state index in [0.717, 1.165) is 49.5 Å². The summed E-state index contributed by atoms with van der Waals surface area (Å²) in [5.74, 6) is 0.665. The van der Waals surface area contributed by atoms with Crippen molar-refractivity contribution in [3.63, 3.8) is 0 Å². The summed E-state index contributed by atoms with van der Waals surface area (Å²) in [4.78, 5) is 10.9. The van der Waals surface area contributed by atoms with Crippen molar-refractivity contribution in [2.75, 3.05) is 0 Å². The Morgan fingerprint density at radius 1 is 0.440 bits per heavy atom. The van der Waals surface area contributed by atoms with E-state index in [-0.39, 0.29) is 0 Å². The summed E-state index contributed by atoms with van der Waals surface area (Å²) in [7, 11) is 0. The van der Waals surface area contributed by atoms with Crippen LogP contribution in [0, 0.1) is 0 Å². The minimum atomic E-state index is 0.665. The average Bonchev–Trinajstić information content (AvgIpc) is 3.73. The Balaban J connectivity index is 1.30. The Kier molecular flexibility index (Phi) is 5.83. The maximum Gasteiger partial charge on any atom is 0.235 e. The molecule has 0 unspecified atom stereocenters. The van der Waals surface area contributed by atoms with Crippen molar-refractivity contribution in [2.24, 2.45) is 0 Å². The van der Waals surface area contributed by atoms with Gasteiger partial charge < -0.3 is 0 Å². The Morgan fingerprint density at radius 2 is 1.12 bits per heavy atom. The number of benzene rings is 8. The van der Waals surface area contributed by atoms with E-state index in [1.54, 1.807) is 0 Å². The molecule has 50 heavy (non-hydrogen) atoms. The largest absolute Gasteiger partial charge is 0.277 e. The van der Waals surface area contributed by atoms with Crippen LogP contribution in [0.25, 0.3) is 103 Å². The van der Waals surface area contributed by atoms with Crippen LogP contribution < -0.4 is 0 Å². The third-order valence-corrected chi connectivity index (χ3v) is 11.3. The first-order valence-corrected chi connectivity index (χ1v) is 17.7. The molecule has 0 fully saturated rings. The topological polar surface area (TPSA) is 30.7 Å². The van der Waals surface area contributed by atoms with Gasteiger partial charge in [-0.05, 0) is 46.0 Å². The molecule has 0 aliphatic rings. The van der Waals surface area contributed by atoms with Gasteiger partial charge in [-0.1, -0.05) is 140 Å². The first-order valence-electron chi connectivity index (χ1n) is 16.9. The Morgan fingerprint density at radius 3 is 2.00 bits per heavy atom. The van der Waals surface area contributed by atoms with E-state index in [9.17, 15) is 0 Å². The number of hydrogen-bond acceptors (Lipinski definition) is 3. The zero-order valence-electron chi connectivity index (χ0n) is 26.8. The molecule has 3 aromatic heterocycles. The molecule has 0 saturated carbocycles. The van der Waals surface area contributed by atoms with Crippen LogP contribution in [0.1, 0.15) is 0 Å². The molecule has 0 amide bonds. The van der Waals surface area contributed by atoms with E-state index >= 15 is 0 Å². The summed E-state index contributed by atoms with van der Waals surface area (Å²) in [5, 5.41) is 10.8. The number of aromatic nitrogens is 3. The van der Waals surface area contributed by atoms with Gasteiger partial charge in [0.1, 0.15) is 0 Å². The van der Waals surface area contributed by atoms with E-state index in [0.29, 0.717) is 5.95 Å². The van der Waals surface area contributed by atoms with Gasteiger partial charge in [0.2, 0.25) is 5.95 Å². The van der Waals surface area contributed by atoms with E-state index in [4.69, 9.17) is 9.97 Å². The van der Waals surface area contributed by atoms with Crippen molar-refractivity contribution < 1.29 is 0 Å². The molecule has 0 atom stereocenters. The highest BCUT2D eigenvalue weighted by atomic mass is 32.1. The number of fused-ring (bicyclic) bond motifs is 11. The second-order valence-electron chi connectivity index (χ2n) is 12.9. The van der Waals surface area contributed by atoms with E-state index < -0.39 is 0 Å². The summed E-state index contributed by atoms with van der Waals surface area (Å²) >= 11 is 1.85. The lowest BCUT2D eigenvalue weighted by Crippen LogP contribution is -2.04. The fraction of sp³-hybridized carbons (Fsp3) is 0. The number of hydrogen-bond donors (Lipinski definition) is 0. The van der Waals surface area contributed by atoms with Gasteiger partial charge in [-0.15, -0.1) is 11.3 Å². The summed E-state index contributed by atoms with van der Waals surface area (Å²) in [6, 6.07) is 58.9. The molecule has 0 spiro atoms. The second-order valence-corrected chi connectivity index (χ2v) is 14.0. The lowest BCUT2D eigenvalue weighted by atomic mass is 9.99.